The number of benzene rings is 1. The summed E-state index contributed by atoms with van der Waals surface area (Å²) in [5.41, 5.74) is 0.798. The molecule has 1 aromatic rings. The molecule has 0 spiro atoms. The van der Waals surface area contributed by atoms with Gasteiger partial charge < -0.3 is 5.32 Å². The maximum absolute atomic E-state index is 14.2. The second-order valence-corrected chi connectivity index (χ2v) is 6.46. The highest BCUT2D eigenvalue weighted by Crippen LogP contribution is 2.40. The molecule has 0 bridgehead atoms. The Kier molecular flexibility index (Phi) is 5.40. The van der Waals surface area contributed by atoms with Crippen LogP contribution >= 0.6 is 15.9 Å². The minimum absolute atomic E-state index is 0.104. The normalized spacial score (nSPS) is 25.3. The molecule has 3 heteroatoms. The third kappa shape index (κ3) is 3.38. The Labute approximate surface area is 124 Å². The van der Waals surface area contributed by atoms with Crippen LogP contribution in [0.1, 0.15) is 50.6 Å². The van der Waals surface area contributed by atoms with Crippen LogP contribution in [0.5, 0.6) is 0 Å². The van der Waals surface area contributed by atoms with E-state index >= 15 is 0 Å². The van der Waals surface area contributed by atoms with Gasteiger partial charge in [0.05, 0.1) is 0 Å². The van der Waals surface area contributed by atoms with Crippen LogP contribution in [0, 0.1) is 17.7 Å². The van der Waals surface area contributed by atoms with Crippen molar-refractivity contribution in [1.29, 1.82) is 0 Å². The van der Waals surface area contributed by atoms with Gasteiger partial charge in [-0.1, -0.05) is 48.2 Å². The molecule has 0 aliphatic heterocycles. The second kappa shape index (κ2) is 6.85. The zero-order valence-corrected chi connectivity index (χ0v) is 13.3. The predicted octanol–water partition coefficient (Wildman–Crippen LogP) is 5.07. The van der Waals surface area contributed by atoms with E-state index in [1.807, 2.05) is 13.1 Å². The molecule has 1 aliphatic carbocycles. The van der Waals surface area contributed by atoms with E-state index in [0.717, 1.165) is 16.0 Å². The van der Waals surface area contributed by atoms with Crippen LogP contribution in [0.25, 0.3) is 0 Å². The molecule has 2 rings (SSSR count). The molecule has 1 aromatic carbocycles. The number of hydrogen-bond acceptors (Lipinski definition) is 1. The minimum Gasteiger partial charge on any atom is -0.313 e. The molecule has 1 saturated carbocycles. The van der Waals surface area contributed by atoms with E-state index in [0.29, 0.717) is 5.92 Å². The van der Waals surface area contributed by atoms with E-state index in [2.05, 4.69) is 28.2 Å². The van der Waals surface area contributed by atoms with Gasteiger partial charge in [0.25, 0.3) is 0 Å². The lowest BCUT2D eigenvalue weighted by Gasteiger charge is -2.35. The Morgan fingerprint density at radius 3 is 2.84 bits per heavy atom. The van der Waals surface area contributed by atoms with Gasteiger partial charge in [0.2, 0.25) is 0 Å². The number of halogens is 2. The summed E-state index contributed by atoms with van der Waals surface area (Å²) in [5.74, 6) is 1.24. The Balaban J connectivity index is 2.24. The fourth-order valence-corrected chi connectivity index (χ4v) is 4.02. The van der Waals surface area contributed by atoms with E-state index in [1.54, 1.807) is 12.1 Å². The Hall–Kier alpha value is -0.410. The van der Waals surface area contributed by atoms with Crippen molar-refractivity contribution < 1.29 is 4.39 Å². The smallest absolute Gasteiger partial charge is 0.129 e. The topological polar surface area (TPSA) is 12.0 Å². The summed E-state index contributed by atoms with van der Waals surface area (Å²) in [6, 6.07) is 5.36. The first-order valence-electron chi connectivity index (χ1n) is 7.28. The summed E-state index contributed by atoms with van der Waals surface area (Å²) < 4.78 is 15.0. The van der Waals surface area contributed by atoms with Crippen molar-refractivity contribution in [2.75, 3.05) is 7.05 Å². The maximum Gasteiger partial charge on any atom is 0.129 e. The summed E-state index contributed by atoms with van der Waals surface area (Å²) in [7, 11) is 1.94. The largest absolute Gasteiger partial charge is 0.313 e. The fraction of sp³-hybridized carbons (Fsp3) is 0.625. The third-order valence-electron chi connectivity index (χ3n) is 4.49. The van der Waals surface area contributed by atoms with Crippen LogP contribution in [0.2, 0.25) is 0 Å². The summed E-state index contributed by atoms with van der Waals surface area (Å²) >= 11 is 3.51. The van der Waals surface area contributed by atoms with Gasteiger partial charge in [-0.15, -0.1) is 0 Å². The van der Waals surface area contributed by atoms with Crippen LogP contribution in [0.3, 0.4) is 0 Å². The highest BCUT2D eigenvalue weighted by atomic mass is 79.9. The standard InChI is InChI=1S/C16H23BrFN/c1-3-11-6-4-7-12(10-11)16(19-2)15-13(17)8-5-9-14(15)18/h5,8-9,11-12,16,19H,3-4,6-7,10H2,1-2H3. The molecule has 0 amide bonds. The molecular formula is C16H23BrFN. The molecule has 1 N–H and O–H groups in total. The quantitative estimate of drug-likeness (QED) is 0.814. The molecule has 1 fully saturated rings. The van der Waals surface area contributed by atoms with Crippen molar-refractivity contribution in [3.63, 3.8) is 0 Å². The fourth-order valence-electron chi connectivity index (χ4n) is 3.43. The van der Waals surface area contributed by atoms with Crippen LogP contribution in [0.4, 0.5) is 4.39 Å². The molecular weight excluding hydrogens is 305 g/mol. The van der Waals surface area contributed by atoms with Gasteiger partial charge in [0, 0.05) is 16.1 Å². The van der Waals surface area contributed by atoms with Crippen molar-refractivity contribution in [2.24, 2.45) is 11.8 Å². The van der Waals surface area contributed by atoms with E-state index in [-0.39, 0.29) is 11.9 Å². The highest BCUT2D eigenvalue weighted by Gasteiger charge is 2.30. The molecule has 1 aliphatic rings. The molecule has 0 radical (unpaired) electrons. The van der Waals surface area contributed by atoms with Gasteiger partial charge in [-0.05, 0) is 43.9 Å². The van der Waals surface area contributed by atoms with Crippen molar-refractivity contribution in [1.82, 2.24) is 5.32 Å². The van der Waals surface area contributed by atoms with Crippen LogP contribution < -0.4 is 5.32 Å². The number of nitrogens with one attached hydrogen (secondary N) is 1. The van der Waals surface area contributed by atoms with Gasteiger partial charge >= 0.3 is 0 Å². The Morgan fingerprint density at radius 1 is 1.42 bits per heavy atom. The summed E-state index contributed by atoms with van der Waals surface area (Å²) in [6.07, 6.45) is 6.26. The zero-order chi connectivity index (χ0) is 13.8. The molecule has 1 nitrogen and oxygen atoms in total. The van der Waals surface area contributed by atoms with Crippen molar-refractivity contribution >= 4 is 15.9 Å². The molecule has 3 atom stereocenters. The van der Waals surface area contributed by atoms with Crippen molar-refractivity contribution in [3.05, 3.63) is 34.1 Å². The summed E-state index contributed by atoms with van der Waals surface area (Å²) in [6.45, 7) is 2.26. The molecule has 0 saturated heterocycles. The van der Waals surface area contributed by atoms with Crippen molar-refractivity contribution in [3.8, 4) is 0 Å². The molecule has 0 heterocycles. The van der Waals surface area contributed by atoms with E-state index in [1.165, 1.54) is 32.1 Å². The monoisotopic (exact) mass is 327 g/mol. The zero-order valence-electron chi connectivity index (χ0n) is 11.8. The summed E-state index contributed by atoms with van der Waals surface area (Å²) in [5, 5.41) is 3.34. The van der Waals surface area contributed by atoms with Gasteiger partial charge in [-0.3, -0.25) is 0 Å². The molecule has 3 unspecified atom stereocenters. The van der Waals surface area contributed by atoms with E-state index in [4.69, 9.17) is 0 Å². The summed E-state index contributed by atoms with van der Waals surface area (Å²) in [4.78, 5) is 0. The van der Waals surface area contributed by atoms with Crippen molar-refractivity contribution in [2.45, 2.75) is 45.1 Å². The average molecular weight is 328 g/mol. The van der Waals surface area contributed by atoms with Crippen LogP contribution in [0.15, 0.2) is 22.7 Å². The van der Waals surface area contributed by atoms with Gasteiger partial charge in [-0.25, -0.2) is 4.39 Å². The Bertz CT molecular complexity index is 401. The average Bonchev–Trinajstić information content (AvgIpc) is 2.43. The number of rotatable bonds is 4. The first kappa shape index (κ1) is 15.0. The third-order valence-corrected chi connectivity index (χ3v) is 5.19. The lowest BCUT2D eigenvalue weighted by molar-refractivity contribution is 0.212. The minimum atomic E-state index is -0.104. The van der Waals surface area contributed by atoms with Gasteiger partial charge in [0.15, 0.2) is 0 Å². The lowest BCUT2D eigenvalue weighted by Crippen LogP contribution is -2.30. The van der Waals surface area contributed by atoms with Crippen LogP contribution in [-0.4, -0.2) is 7.05 Å². The van der Waals surface area contributed by atoms with Gasteiger partial charge in [0.1, 0.15) is 5.82 Å². The molecule has 19 heavy (non-hydrogen) atoms. The first-order chi connectivity index (χ1) is 9.17. The predicted molar refractivity (Wildman–Crippen MR) is 81.6 cm³/mol. The number of hydrogen-bond donors (Lipinski definition) is 1. The maximum atomic E-state index is 14.2. The SMILES string of the molecule is CCC1CCCC(C(NC)c2c(F)cccc2Br)C1. The lowest BCUT2D eigenvalue weighted by atomic mass is 9.75. The van der Waals surface area contributed by atoms with Gasteiger partial charge in [-0.2, -0.15) is 0 Å². The van der Waals surface area contributed by atoms with E-state index < -0.39 is 0 Å². The second-order valence-electron chi connectivity index (χ2n) is 5.60. The first-order valence-corrected chi connectivity index (χ1v) is 8.07. The molecule has 0 aromatic heterocycles. The molecule has 106 valence electrons. The van der Waals surface area contributed by atoms with Crippen LogP contribution in [-0.2, 0) is 0 Å². The highest BCUT2D eigenvalue weighted by molar-refractivity contribution is 9.10. The van der Waals surface area contributed by atoms with E-state index in [9.17, 15) is 4.39 Å². The Morgan fingerprint density at radius 2 is 2.21 bits per heavy atom.